The van der Waals surface area contributed by atoms with Crippen molar-refractivity contribution in [1.29, 1.82) is 0 Å². The summed E-state index contributed by atoms with van der Waals surface area (Å²) in [5, 5.41) is 3.47. The summed E-state index contributed by atoms with van der Waals surface area (Å²) >= 11 is 0. The van der Waals surface area contributed by atoms with Crippen molar-refractivity contribution in [2.75, 3.05) is 11.9 Å². The Bertz CT molecular complexity index is 314. The minimum absolute atomic E-state index is 0.309. The number of aromatic nitrogens is 1. The normalized spacial score (nSPS) is 26.4. The van der Waals surface area contributed by atoms with E-state index < -0.39 is 0 Å². The zero-order valence-electron chi connectivity index (χ0n) is 8.66. The fourth-order valence-corrected chi connectivity index (χ4v) is 1.77. The summed E-state index contributed by atoms with van der Waals surface area (Å²) < 4.78 is 5.49. The van der Waals surface area contributed by atoms with Gasteiger partial charge in [-0.05, 0) is 32.4 Å². The molecular formula is C11H16N2O. The maximum absolute atomic E-state index is 5.49. The first kappa shape index (κ1) is 9.46. The zero-order chi connectivity index (χ0) is 9.97. The van der Waals surface area contributed by atoms with Crippen LogP contribution in [0.2, 0.25) is 0 Å². The Hall–Kier alpha value is -1.09. The molecule has 0 radical (unpaired) electrons. The van der Waals surface area contributed by atoms with Crippen LogP contribution in [0.5, 0.6) is 0 Å². The number of pyridine rings is 1. The number of hydrogen-bond acceptors (Lipinski definition) is 3. The summed E-state index contributed by atoms with van der Waals surface area (Å²) in [6.45, 7) is 4.97. The molecule has 1 fully saturated rings. The van der Waals surface area contributed by atoms with Gasteiger partial charge in [0.25, 0.3) is 0 Å². The molecule has 1 aliphatic heterocycles. The van der Waals surface area contributed by atoms with E-state index in [1.54, 1.807) is 0 Å². The molecule has 1 aliphatic rings. The molecule has 2 atom stereocenters. The van der Waals surface area contributed by atoms with Crippen molar-refractivity contribution in [1.82, 2.24) is 4.98 Å². The highest BCUT2D eigenvalue weighted by atomic mass is 16.5. The molecule has 0 amide bonds. The number of nitrogens with one attached hydrogen (secondary N) is 1. The third kappa shape index (κ3) is 2.04. The van der Waals surface area contributed by atoms with Crippen LogP contribution in [-0.4, -0.2) is 23.7 Å². The topological polar surface area (TPSA) is 34.1 Å². The SMILES string of the molecule is Cc1cc(NC2CCOC2C)ccn1. The van der Waals surface area contributed by atoms with E-state index in [9.17, 15) is 0 Å². The summed E-state index contributed by atoms with van der Waals surface area (Å²) in [6, 6.07) is 4.50. The predicted octanol–water partition coefficient (Wildman–Crippen LogP) is 1.98. The Labute approximate surface area is 84.5 Å². The first-order valence-electron chi connectivity index (χ1n) is 5.06. The van der Waals surface area contributed by atoms with Crippen molar-refractivity contribution in [3.8, 4) is 0 Å². The predicted molar refractivity (Wildman–Crippen MR) is 56.4 cm³/mol. The van der Waals surface area contributed by atoms with E-state index in [1.807, 2.05) is 19.2 Å². The highest BCUT2D eigenvalue weighted by Gasteiger charge is 2.23. The molecule has 0 aliphatic carbocycles. The molecule has 2 unspecified atom stereocenters. The highest BCUT2D eigenvalue weighted by Crippen LogP contribution is 2.18. The summed E-state index contributed by atoms with van der Waals surface area (Å²) in [5.41, 5.74) is 2.18. The molecule has 14 heavy (non-hydrogen) atoms. The van der Waals surface area contributed by atoms with Crippen LogP contribution in [0.1, 0.15) is 19.0 Å². The fraction of sp³-hybridized carbons (Fsp3) is 0.545. The van der Waals surface area contributed by atoms with Crippen LogP contribution in [0.15, 0.2) is 18.3 Å². The van der Waals surface area contributed by atoms with Gasteiger partial charge in [-0.25, -0.2) is 0 Å². The van der Waals surface area contributed by atoms with Crippen molar-refractivity contribution in [3.63, 3.8) is 0 Å². The summed E-state index contributed by atoms with van der Waals surface area (Å²) in [4.78, 5) is 4.16. The van der Waals surface area contributed by atoms with Gasteiger partial charge in [0.15, 0.2) is 0 Å². The van der Waals surface area contributed by atoms with Crippen LogP contribution in [0.25, 0.3) is 0 Å². The third-order valence-electron chi connectivity index (χ3n) is 2.62. The number of rotatable bonds is 2. The summed E-state index contributed by atoms with van der Waals surface area (Å²) in [6.07, 6.45) is 3.23. The largest absolute Gasteiger partial charge is 0.380 e. The number of ether oxygens (including phenoxy) is 1. The van der Waals surface area contributed by atoms with Crippen LogP contribution in [-0.2, 0) is 4.74 Å². The zero-order valence-corrected chi connectivity index (χ0v) is 8.66. The Kier molecular flexibility index (Phi) is 2.68. The second kappa shape index (κ2) is 3.96. The van der Waals surface area contributed by atoms with Crippen molar-refractivity contribution < 1.29 is 4.74 Å². The fourth-order valence-electron chi connectivity index (χ4n) is 1.77. The first-order chi connectivity index (χ1) is 6.75. The van der Waals surface area contributed by atoms with Gasteiger partial charge >= 0.3 is 0 Å². The van der Waals surface area contributed by atoms with Crippen LogP contribution in [0.4, 0.5) is 5.69 Å². The van der Waals surface area contributed by atoms with Crippen molar-refractivity contribution >= 4 is 5.69 Å². The molecule has 0 aromatic carbocycles. The van der Waals surface area contributed by atoms with E-state index in [2.05, 4.69) is 23.3 Å². The molecule has 3 heteroatoms. The Morgan fingerprint density at radius 2 is 2.43 bits per heavy atom. The van der Waals surface area contributed by atoms with Gasteiger partial charge in [0.05, 0.1) is 12.1 Å². The molecule has 0 bridgehead atoms. The maximum Gasteiger partial charge on any atom is 0.0748 e. The van der Waals surface area contributed by atoms with Crippen molar-refractivity contribution in [2.45, 2.75) is 32.4 Å². The van der Waals surface area contributed by atoms with Gasteiger partial charge in [0, 0.05) is 24.2 Å². The van der Waals surface area contributed by atoms with Gasteiger partial charge in [-0.1, -0.05) is 0 Å². The Morgan fingerprint density at radius 3 is 3.07 bits per heavy atom. The van der Waals surface area contributed by atoms with E-state index in [-0.39, 0.29) is 0 Å². The number of hydrogen-bond donors (Lipinski definition) is 1. The van der Waals surface area contributed by atoms with Crippen LogP contribution in [0.3, 0.4) is 0 Å². The van der Waals surface area contributed by atoms with Gasteiger partial charge in [-0.15, -0.1) is 0 Å². The molecule has 3 nitrogen and oxygen atoms in total. The van der Waals surface area contributed by atoms with Gasteiger partial charge in [0.1, 0.15) is 0 Å². The summed E-state index contributed by atoms with van der Waals surface area (Å²) in [7, 11) is 0. The molecule has 2 rings (SSSR count). The number of nitrogens with zero attached hydrogens (tertiary/aromatic N) is 1. The second-order valence-electron chi connectivity index (χ2n) is 3.80. The van der Waals surface area contributed by atoms with E-state index in [0.717, 1.165) is 24.4 Å². The summed E-state index contributed by atoms with van der Waals surface area (Å²) in [5.74, 6) is 0. The maximum atomic E-state index is 5.49. The average Bonchev–Trinajstić information content (AvgIpc) is 2.52. The minimum atomic E-state index is 0.309. The van der Waals surface area contributed by atoms with Gasteiger partial charge in [-0.3, -0.25) is 4.98 Å². The first-order valence-corrected chi connectivity index (χ1v) is 5.06. The molecule has 0 saturated carbocycles. The van der Waals surface area contributed by atoms with Crippen LogP contribution < -0.4 is 5.32 Å². The Morgan fingerprint density at radius 1 is 1.57 bits per heavy atom. The van der Waals surface area contributed by atoms with E-state index in [4.69, 9.17) is 4.74 Å². The average molecular weight is 192 g/mol. The van der Waals surface area contributed by atoms with Gasteiger partial charge < -0.3 is 10.1 Å². The van der Waals surface area contributed by atoms with Crippen molar-refractivity contribution in [2.24, 2.45) is 0 Å². The van der Waals surface area contributed by atoms with Crippen molar-refractivity contribution in [3.05, 3.63) is 24.0 Å². The third-order valence-corrected chi connectivity index (χ3v) is 2.62. The number of aryl methyl sites for hydroxylation is 1. The number of anilines is 1. The molecule has 2 heterocycles. The standard InChI is InChI=1S/C11H16N2O/c1-8-7-10(3-5-12-8)13-11-4-6-14-9(11)2/h3,5,7,9,11H,4,6H2,1-2H3,(H,12,13). The quantitative estimate of drug-likeness (QED) is 0.778. The minimum Gasteiger partial charge on any atom is -0.380 e. The van der Waals surface area contributed by atoms with Crippen LogP contribution in [0, 0.1) is 6.92 Å². The van der Waals surface area contributed by atoms with E-state index in [0.29, 0.717) is 12.1 Å². The highest BCUT2D eigenvalue weighted by molar-refractivity contribution is 5.44. The lowest BCUT2D eigenvalue weighted by molar-refractivity contribution is 0.121. The second-order valence-corrected chi connectivity index (χ2v) is 3.80. The monoisotopic (exact) mass is 192 g/mol. The molecule has 1 N–H and O–H groups in total. The van der Waals surface area contributed by atoms with Gasteiger partial charge in [-0.2, -0.15) is 0 Å². The molecule has 0 spiro atoms. The Balaban J connectivity index is 2.03. The molecule has 1 aromatic heterocycles. The molecular weight excluding hydrogens is 176 g/mol. The lowest BCUT2D eigenvalue weighted by Gasteiger charge is -2.17. The van der Waals surface area contributed by atoms with Crippen LogP contribution >= 0.6 is 0 Å². The smallest absolute Gasteiger partial charge is 0.0748 e. The lowest BCUT2D eigenvalue weighted by atomic mass is 10.1. The molecule has 1 aromatic rings. The molecule has 1 saturated heterocycles. The molecule has 76 valence electrons. The van der Waals surface area contributed by atoms with Gasteiger partial charge in [0.2, 0.25) is 0 Å². The lowest BCUT2D eigenvalue weighted by Crippen LogP contribution is -2.26. The van der Waals surface area contributed by atoms with E-state index in [1.165, 1.54) is 0 Å². The van der Waals surface area contributed by atoms with E-state index >= 15 is 0 Å².